The quantitative estimate of drug-likeness (QED) is 0.828. The summed E-state index contributed by atoms with van der Waals surface area (Å²) < 4.78 is 8.27. The number of benzene rings is 1. The summed E-state index contributed by atoms with van der Waals surface area (Å²) in [5, 5.41) is 5.08. The first-order chi connectivity index (χ1) is 8.45. The summed E-state index contributed by atoms with van der Waals surface area (Å²) in [6.07, 6.45) is 0. The van der Waals surface area contributed by atoms with Crippen molar-refractivity contribution in [3.05, 3.63) is 32.9 Å². The summed E-state index contributed by atoms with van der Waals surface area (Å²) >= 11 is 9.71. The summed E-state index contributed by atoms with van der Waals surface area (Å²) in [6.45, 7) is 3.93. The topological polar surface area (TPSA) is 27.1 Å². The zero-order chi connectivity index (χ0) is 13.4. The van der Waals surface area contributed by atoms with E-state index in [1.807, 2.05) is 37.7 Å². The zero-order valence-electron chi connectivity index (χ0n) is 10.7. The Balaban J connectivity index is 2.78. The number of methoxy groups -OCH3 is 1. The molecule has 0 aliphatic carbocycles. The van der Waals surface area contributed by atoms with Crippen molar-refractivity contribution in [2.45, 2.75) is 13.8 Å². The Morgan fingerprint density at radius 3 is 2.50 bits per heavy atom. The molecule has 0 fully saturated rings. The lowest BCUT2D eigenvalue weighted by Crippen LogP contribution is -1.98. The Morgan fingerprint density at radius 2 is 2.00 bits per heavy atom. The monoisotopic (exact) mass is 328 g/mol. The molecule has 18 heavy (non-hydrogen) atoms. The number of hydrogen-bond acceptors (Lipinski definition) is 2. The highest BCUT2D eigenvalue weighted by Crippen LogP contribution is 2.39. The molecule has 2 rings (SSSR count). The van der Waals surface area contributed by atoms with Gasteiger partial charge in [0.25, 0.3) is 0 Å². The maximum Gasteiger partial charge on any atom is 0.131 e. The predicted molar refractivity (Wildman–Crippen MR) is 77.4 cm³/mol. The van der Waals surface area contributed by atoms with Gasteiger partial charge in [-0.3, -0.25) is 4.68 Å². The van der Waals surface area contributed by atoms with Crippen molar-refractivity contribution in [3.8, 4) is 17.0 Å². The first-order valence-electron chi connectivity index (χ1n) is 5.49. The van der Waals surface area contributed by atoms with Crippen molar-refractivity contribution >= 4 is 27.5 Å². The van der Waals surface area contributed by atoms with E-state index in [1.165, 1.54) is 0 Å². The molecule has 2 aromatic rings. The van der Waals surface area contributed by atoms with Gasteiger partial charge in [0.15, 0.2) is 0 Å². The third-order valence-electron chi connectivity index (χ3n) is 2.85. The van der Waals surface area contributed by atoms with Crippen molar-refractivity contribution in [2.75, 3.05) is 7.11 Å². The van der Waals surface area contributed by atoms with Crippen LogP contribution in [0.15, 0.2) is 16.6 Å². The largest absolute Gasteiger partial charge is 0.496 e. The molecule has 1 aromatic carbocycles. The number of hydrogen-bond donors (Lipinski definition) is 0. The molecule has 0 aliphatic heterocycles. The Hall–Kier alpha value is -1.00. The molecule has 0 aliphatic rings. The van der Waals surface area contributed by atoms with Gasteiger partial charge >= 0.3 is 0 Å². The van der Waals surface area contributed by atoms with Gasteiger partial charge in [-0.15, -0.1) is 0 Å². The Morgan fingerprint density at radius 1 is 1.33 bits per heavy atom. The van der Waals surface area contributed by atoms with Gasteiger partial charge in [-0.1, -0.05) is 11.6 Å². The maximum absolute atomic E-state index is 6.14. The minimum Gasteiger partial charge on any atom is -0.496 e. The molecule has 0 N–H and O–H groups in total. The lowest BCUT2D eigenvalue weighted by molar-refractivity contribution is 0.413. The van der Waals surface area contributed by atoms with E-state index in [2.05, 4.69) is 21.0 Å². The van der Waals surface area contributed by atoms with Crippen LogP contribution >= 0.6 is 27.5 Å². The fourth-order valence-electron chi connectivity index (χ4n) is 2.10. The lowest BCUT2D eigenvalue weighted by atomic mass is 10.1. The average molecular weight is 330 g/mol. The van der Waals surface area contributed by atoms with E-state index >= 15 is 0 Å². The van der Waals surface area contributed by atoms with Crippen molar-refractivity contribution in [1.29, 1.82) is 0 Å². The molecular weight excluding hydrogens is 316 g/mol. The number of aryl methyl sites for hydroxylation is 3. The molecule has 3 nitrogen and oxygen atoms in total. The first-order valence-corrected chi connectivity index (χ1v) is 6.66. The van der Waals surface area contributed by atoms with Crippen LogP contribution in [-0.4, -0.2) is 16.9 Å². The van der Waals surface area contributed by atoms with Gasteiger partial charge < -0.3 is 4.74 Å². The molecule has 1 heterocycles. The highest BCUT2D eigenvalue weighted by molar-refractivity contribution is 9.10. The standard InChI is InChI=1S/C13H14BrClN2O/c1-7-5-9(15)6-10(13(7)18-4)12-11(14)8(2)16-17(12)3/h5-6H,1-4H3. The van der Waals surface area contributed by atoms with Gasteiger partial charge in [0.2, 0.25) is 0 Å². The summed E-state index contributed by atoms with van der Waals surface area (Å²) in [6, 6.07) is 3.79. The molecule has 0 spiro atoms. The van der Waals surface area contributed by atoms with Crippen LogP contribution in [0.2, 0.25) is 5.02 Å². The summed E-state index contributed by atoms with van der Waals surface area (Å²) in [5.41, 5.74) is 3.85. The van der Waals surface area contributed by atoms with Crippen LogP contribution in [0.5, 0.6) is 5.75 Å². The molecule has 0 unspecified atom stereocenters. The molecule has 0 bridgehead atoms. The van der Waals surface area contributed by atoms with Crippen LogP contribution in [0.4, 0.5) is 0 Å². The smallest absolute Gasteiger partial charge is 0.131 e. The van der Waals surface area contributed by atoms with Gasteiger partial charge in [0, 0.05) is 17.6 Å². The summed E-state index contributed by atoms with van der Waals surface area (Å²) in [4.78, 5) is 0. The fourth-order valence-corrected chi connectivity index (χ4v) is 2.92. The van der Waals surface area contributed by atoms with Crippen LogP contribution < -0.4 is 4.74 Å². The molecule has 0 amide bonds. The van der Waals surface area contributed by atoms with Crippen LogP contribution in [-0.2, 0) is 7.05 Å². The van der Waals surface area contributed by atoms with Gasteiger partial charge in [0.1, 0.15) is 5.75 Å². The SMILES string of the molecule is COc1c(C)cc(Cl)cc1-c1c(Br)c(C)nn1C. The highest BCUT2D eigenvalue weighted by Gasteiger charge is 2.18. The lowest BCUT2D eigenvalue weighted by Gasteiger charge is -2.13. The Labute approximate surface area is 120 Å². The molecular formula is C13H14BrClN2O. The molecule has 0 saturated heterocycles. The molecule has 1 aromatic heterocycles. The van der Waals surface area contributed by atoms with Crippen LogP contribution in [0.1, 0.15) is 11.3 Å². The van der Waals surface area contributed by atoms with Gasteiger partial charge in [-0.25, -0.2) is 0 Å². The molecule has 0 atom stereocenters. The molecule has 5 heteroatoms. The summed E-state index contributed by atoms with van der Waals surface area (Å²) in [7, 11) is 3.57. The minimum atomic E-state index is 0.689. The maximum atomic E-state index is 6.14. The number of aromatic nitrogens is 2. The van der Waals surface area contributed by atoms with Gasteiger partial charge in [-0.2, -0.15) is 5.10 Å². The average Bonchev–Trinajstić information content (AvgIpc) is 2.52. The third kappa shape index (κ3) is 2.15. The van der Waals surface area contributed by atoms with E-state index in [4.69, 9.17) is 16.3 Å². The third-order valence-corrected chi connectivity index (χ3v) is 4.02. The predicted octanol–water partition coefficient (Wildman–Crippen LogP) is 4.13. The first kappa shape index (κ1) is 13.4. The number of halogens is 2. The molecule has 96 valence electrons. The van der Waals surface area contributed by atoms with E-state index in [0.717, 1.165) is 32.7 Å². The molecule has 0 saturated carbocycles. The highest BCUT2D eigenvalue weighted by atomic mass is 79.9. The second-order valence-electron chi connectivity index (χ2n) is 4.18. The van der Waals surface area contributed by atoms with Crippen molar-refractivity contribution < 1.29 is 4.74 Å². The number of ether oxygens (including phenoxy) is 1. The van der Waals surface area contributed by atoms with Crippen LogP contribution in [0.25, 0.3) is 11.3 Å². The van der Waals surface area contributed by atoms with E-state index < -0.39 is 0 Å². The Kier molecular flexibility index (Phi) is 3.69. The normalized spacial score (nSPS) is 10.8. The van der Waals surface area contributed by atoms with E-state index in [9.17, 15) is 0 Å². The Bertz CT molecular complexity index is 608. The second-order valence-corrected chi connectivity index (χ2v) is 5.40. The van der Waals surface area contributed by atoms with Crippen LogP contribution in [0.3, 0.4) is 0 Å². The van der Waals surface area contributed by atoms with Gasteiger partial charge in [-0.05, 0) is 47.5 Å². The van der Waals surface area contributed by atoms with Crippen molar-refractivity contribution in [3.63, 3.8) is 0 Å². The second kappa shape index (κ2) is 4.94. The summed E-state index contributed by atoms with van der Waals surface area (Å²) in [5.74, 6) is 0.822. The number of nitrogens with zero attached hydrogens (tertiary/aromatic N) is 2. The van der Waals surface area contributed by atoms with E-state index in [0.29, 0.717) is 5.02 Å². The number of rotatable bonds is 2. The van der Waals surface area contributed by atoms with E-state index in [1.54, 1.807) is 7.11 Å². The van der Waals surface area contributed by atoms with E-state index in [-0.39, 0.29) is 0 Å². The van der Waals surface area contributed by atoms with Crippen LogP contribution in [0, 0.1) is 13.8 Å². The van der Waals surface area contributed by atoms with Crippen molar-refractivity contribution in [1.82, 2.24) is 9.78 Å². The van der Waals surface area contributed by atoms with Crippen molar-refractivity contribution in [2.24, 2.45) is 7.05 Å². The molecule has 0 radical (unpaired) electrons. The zero-order valence-corrected chi connectivity index (χ0v) is 13.1. The minimum absolute atomic E-state index is 0.689. The van der Waals surface area contributed by atoms with Gasteiger partial charge in [0.05, 0.1) is 23.0 Å². The fraction of sp³-hybridized carbons (Fsp3) is 0.308.